The van der Waals surface area contributed by atoms with Crippen LogP contribution in [0, 0.1) is 38.6 Å². The van der Waals surface area contributed by atoms with Gasteiger partial charge in [0.15, 0.2) is 0 Å². The molecule has 5 heteroatoms. The molecule has 2 aromatic rings. The van der Waals surface area contributed by atoms with Crippen molar-refractivity contribution >= 4 is 12.2 Å². The SMILES string of the molecule is CCOCC.Cc1cccc2c1=c1ccccc1=2.N=C=O.N=C=O. The summed E-state index contributed by atoms with van der Waals surface area (Å²) in [6, 6.07) is 15.1. The molecule has 0 radical (unpaired) electrons. The molecule has 0 saturated carbocycles. The number of nitrogens with one attached hydrogen (secondary N) is 2. The zero-order valence-electron chi connectivity index (χ0n) is 14.2. The van der Waals surface area contributed by atoms with Crippen molar-refractivity contribution in [2.45, 2.75) is 20.8 Å². The van der Waals surface area contributed by atoms with Crippen LogP contribution in [0.4, 0.5) is 0 Å². The first-order valence-corrected chi connectivity index (χ1v) is 7.47. The maximum atomic E-state index is 8.35. The predicted octanol–water partition coefficient (Wildman–Crippen LogP) is 3.73. The number of hydrogen-bond donors (Lipinski definition) is 2. The molecule has 0 aliphatic heterocycles. The van der Waals surface area contributed by atoms with E-state index in [1.54, 1.807) is 0 Å². The van der Waals surface area contributed by atoms with E-state index in [4.69, 9.17) is 25.1 Å². The van der Waals surface area contributed by atoms with Gasteiger partial charge in [-0.3, -0.25) is 0 Å². The van der Waals surface area contributed by atoms with Gasteiger partial charge in [-0.1, -0.05) is 42.5 Å². The van der Waals surface area contributed by atoms with Crippen LogP contribution in [0.1, 0.15) is 19.4 Å². The standard InChI is InChI=1S/C13H10.C4H10O.2CHNO/c1-9-5-4-8-12-10-6-2-3-7-11(10)13(9)12;1-3-5-4-2;2*2-1-3/h2-8H,1H3;3-4H2,1-2H3;2*2H. The van der Waals surface area contributed by atoms with Crippen LogP contribution < -0.4 is 0 Å². The lowest BCUT2D eigenvalue weighted by molar-refractivity contribution is 0.162. The molecule has 0 heterocycles. The van der Waals surface area contributed by atoms with Crippen LogP contribution in [0.15, 0.2) is 42.5 Å². The van der Waals surface area contributed by atoms with Gasteiger partial charge in [0.25, 0.3) is 0 Å². The minimum atomic E-state index is 0.750. The highest BCUT2D eigenvalue weighted by atomic mass is 16.5. The summed E-state index contributed by atoms with van der Waals surface area (Å²) in [5, 5.41) is 16.5. The van der Waals surface area contributed by atoms with Gasteiger partial charge in [0.05, 0.1) is 0 Å². The molecule has 0 amide bonds. The largest absolute Gasteiger partial charge is 0.382 e. The number of carbonyl (C=O) groups excluding carboxylic acids is 2. The molecular formula is C19H22N2O3. The zero-order valence-corrected chi connectivity index (χ0v) is 14.2. The molecule has 2 N–H and O–H groups in total. The highest BCUT2D eigenvalue weighted by Crippen LogP contribution is 2.15. The fourth-order valence-electron chi connectivity index (χ4n) is 2.33. The molecule has 1 aliphatic carbocycles. The fourth-order valence-corrected chi connectivity index (χ4v) is 2.33. The first-order chi connectivity index (χ1) is 11.6. The Morgan fingerprint density at radius 3 is 1.75 bits per heavy atom. The second kappa shape index (κ2) is 12.7. The van der Waals surface area contributed by atoms with Gasteiger partial charge >= 0.3 is 0 Å². The maximum Gasteiger partial charge on any atom is 0.231 e. The predicted molar refractivity (Wildman–Crippen MR) is 92.0 cm³/mol. The number of rotatable bonds is 2. The molecule has 3 rings (SSSR count). The van der Waals surface area contributed by atoms with Crippen LogP contribution >= 0.6 is 0 Å². The molecule has 2 aromatic carbocycles. The Labute approximate surface area is 140 Å². The Bertz CT molecular complexity index is 866. The smallest absolute Gasteiger partial charge is 0.231 e. The van der Waals surface area contributed by atoms with E-state index >= 15 is 0 Å². The second-order valence-electron chi connectivity index (χ2n) is 4.53. The molecule has 1 aliphatic rings. The molecule has 24 heavy (non-hydrogen) atoms. The lowest BCUT2D eigenvalue weighted by Gasteiger charge is -2.06. The van der Waals surface area contributed by atoms with Crippen molar-refractivity contribution in [2.24, 2.45) is 0 Å². The third-order valence-electron chi connectivity index (χ3n) is 3.17. The van der Waals surface area contributed by atoms with Gasteiger partial charge in [0, 0.05) is 13.2 Å². The summed E-state index contributed by atoms with van der Waals surface area (Å²) in [5.74, 6) is 0. The van der Waals surface area contributed by atoms with Crippen molar-refractivity contribution in [1.82, 2.24) is 0 Å². The topological polar surface area (TPSA) is 91.1 Å². The van der Waals surface area contributed by atoms with Crippen molar-refractivity contribution in [1.29, 1.82) is 10.8 Å². The van der Waals surface area contributed by atoms with Crippen molar-refractivity contribution in [3.8, 4) is 0 Å². The number of isocyanates is 2. The van der Waals surface area contributed by atoms with Crippen molar-refractivity contribution in [2.75, 3.05) is 13.2 Å². The number of ether oxygens (including phenoxy) is 1. The summed E-state index contributed by atoms with van der Waals surface area (Å²) in [4.78, 5) is 16.7. The normalized spacial score (nSPS) is 8.62. The van der Waals surface area contributed by atoms with E-state index in [1.807, 2.05) is 13.8 Å². The number of aryl methyl sites for hydroxylation is 1. The van der Waals surface area contributed by atoms with Crippen LogP contribution in [0.2, 0.25) is 0 Å². The van der Waals surface area contributed by atoms with Crippen LogP contribution in [-0.4, -0.2) is 25.4 Å². The van der Waals surface area contributed by atoms with Gasteiger partial charge in [0.2, 0.25) is 12.2 Å². The molecule has 126 valence electrons. The number of benzene rings is 2. The van der Waals surface area contributed by atoms with Gasteiger partial charge in [-0.15, -0.1) is 0 Å². The van der Waals surface area contributed by atoms with E-state index in [2.05, 4.69) is 49.4 Å². The number of hydrogen-bond acceptors (Lipinski definition) is 5. The Balaban J connectivity index is 0.000000406. The lowest BCUT2D eigenvalue weighted by Crippen LogP contribution is -1.92. The van der Waals surface area contributed by atoms with Gasteiger partial charge in [-0.05, 0) is 47.2 Å². The summed E-state index contributed by atoms with van der Waals surface area (Å²) in [6.07, 6.45) is 1.50. The zero-order chi connectivity index (χ0) is 18.4. The van der Waals surface area contributed by atoms with Crippen LogP contribution in [0.3, 0.4) is 0 Å². The van der Waals surface area contributed by atoms with Crippen LogP contribution in [-0.2, 0) is 14.3 Å². The van der Waals surface area contributed by atoms with Gasteiger partial charge in [0.1, 0.15) is 0 Å². The Morgan fingerprint density at radius 2 is 1.29 bits per heavy atom. The van der Waals surface area contributed by atoms with E-state index in [0.717, 1.165) is 25.4 Å². The number of fused-ring (bicyclic) bond motifs is 2. The first kappa shape index (κ1) is 21.2. The summed E-state index contributed by atoms with van der Waals surface area (Å²) in [7, 11) is 0. The Morgan fingerprint density at radius 1 is 0.833 bits per heavy atom. The molecule has 0 spiro atoms. The van der Waals surface area contributed by atoms with Crippen molar-refractivity contribution in [3.05, 3.63) is 68.9 Å². The summed E-state index contributed by atoms with van der Waals surface area (Å²) in [5.41, 5.74) is 1.39. The molecule has 0 unspecified atom stereocenters. The third kappa shape index (κ3) is 6.11. The quantitative estimate of drug-likeness (QED) is 0.555. The van der Waals surface area contributed by atoms with Gasteiger partial charge in [-0.25, -0.2) is 20.4 Å². The minimum absolute atomic E-state index is 0.750. The molecule has 0 fully saturated rings. The Kier molecular flexibility index (Phi) is 11.2. The highest BCUT2D eigenvalue weighted by molar-refractivity contribution is 5.33. The van der Waals surface area contributed by atoms with E-state index < -0.39 is 0 Å². The van der Waals surface area contributed by atoms with Gasteiger partial charge < -0.3 is 4.74 Å². The second-order valence-corrected chi connectivity index (χ2v) is 4.53. The van der Waals surface area contributed by atoms with Gasteiger partial charge in [-0.2, -0.15) is 0 Å². The van der Waals surface area contributed by atoms with E-state index in [0.29, 0.717) is 0 Å². The van der Waals surface area contributed by atoms with E-state index in [1.165, 1.54) is 26.4 Å². The molecule has 0 atom stereocenters. The molecule has 0 bridgehead atoms. The van der Waals surface area contributed by atoms with Crippen molar-refractivity contribution < 1.29 is 14.3 Å². The molecule has 0 aromatic heterocycles. The summed E-state index contributed by atoms with van der Waals surface area (Å²) < 4.78 is 4.83. The summed E-state index contributed by atoms with van der Waals surface area (Å²) in [6.45, 7) is 7.84. The Hall–Kier alpha value is -2.84. The first-order valence-electron chi connectivity index (χ1n) is 7.47. The van der Waals surface area contributed by atoms with E-state index in [-0.39, 0.29) is 0 Å². The minimum Gasteiger partial charge on any atom is -0.382 e. The van der Waals surface area contributed by atoms with E-state index in [9.17, 15) is 0 Å². The van der Waals surface area contributed by atoms with Crippen LogP contribution in [0.25, 0.3) is 0 Å². The highest BCUT2D eigenvalue weighted by Gasteiger charge is 2.01. The third-order valence-corrected chi connectivity index (χ3v) is 3.17. The molecule has 5 nitrogen and oxygen atoms in total. The van der Waals surface area contributed by atoms with Crippen LogP contribution in [0.5, 0.6) is 0 Å². The average Bonchev–Trinajstić information content (AvgIpc) is 2.55. The monoisotopic (exact) mass is 326 g/mol. The van der Waals surface area contributed by atoms with Crippen molar-refractivity contribution in [3.63, 3.8) is 0 Å². The average molecular weight is 326 g/mol. The fraction of sp³-hybridized carbons (Fsp3) is 0.263. The lowest BCUT2D eigenvalue weighted by atomic mass is 9.98. The maximum absolute atomic E-state index is 8.35. The molecular weight excluding hydrogens is 304 g/mol. The molecule has 0 saturated heterocycles. The summed E-state index contributed by atoms with van der Waals surface area (Å²) >= 11 is 0.